The number of furan rings is 1. The van der Waals surface area contributed by atoms with E-state index in [9.17, 15) is 9.59 Å². The van der Waals surface area contributed by atoms with Crippen LogP contribution in [0.3, 0.4) is 0 Å². The van der Waals surface area contributed by atoms with Crippen LogP contribution >= 0.6 is 0 Å². The van der Waals surface area contributed by atoms with E-state index in [2.05, 4.69) is 17.1 Å². The van der Waals surface area contributed by atoms with Gasteiger partial charge in [-0.15, -0.1) is 0 Å². The van der Waals surface area contributed by atoms with Crippen LogP contribution in [0.15, 0.2) is 40.8 Å². The van der Waals surface area contributed by atoms with Crippen LogP contribution in [0.1, 0.15) is 48.9 Å². The maximum absolute atomic E-state index is 12.4. The van der Waals surface area contributed by atoms with E-state index < -0.39 is 0 Å². The van der Waals surface area contributed by atoms with Gasteiger partial charge < -0.3 is 19.4 Å². The fraction of sp³-hybridized carbons (Fsp3) is 0.478. The summed E-state index contributed by atoms with van der Waals surface area (Å²) in [6.45, 7) is 5.32. The van der Waals surface area contributed by atoms with Gasteiger partial charge in [0.1, 0.15) is 11.5 Å². The Hall–Kier alpha value is -2.80. The summed E-state index contributed by atoms with van der Waals surface area (Å²) in [6, 6.07) is 11.4. The highest BCUT2D eigenvalue weighted by Crippen LogP contribution is 2.32. The first-order valence-electron chi connectivity index (χ1n) is 10.7. The summed E-state index contributed by atoms with van der Waals surface area (Å²) in [6.07, 6.45) is 4.76. The van der Waals surface area contributed by atoms with Gasteiger partial charge in [-0.1, -0.05) is 18.6 Å². The van der Waals surface area contributed by atoms with E-state index in [0.717, 1.165) is 19.5 Å². The highest BCUT2D eigenvalue weighted by Gasteiger charge is 2.26. The molecule has 2 aromatic rings. The van der Waals surface area contributed by atoms with Crippen LogP contribution in [0.4, 0.5) is 5.69 Å². The number of likely N-dealkylation sites (tertiary alicyclic amines) is 1. The van der Waals surface area contributed by atoms with E-state index in [1.807, 2.05) is 24.3 Å². The highest BCUT2D eigenvalue weighted by atomic mass is 16.5. The average molecular weight is 412 g/mol. The first-order chi connectivity index (χ1) is 14.6. The normalized spacial score (nSPS) is 19.3. The lowest BCUT2D eigenvalue weighted by Crippen LogP contribution is -2.39. The molecule has 2 aliphatic heterocycles. The van der Waals surface area contributed by atoms with Crippen molar-refractivity contribution < 1.29 is 18.7 Å². The number of ether oxygens (including phenoxy) is 1. The van der Waals surface area contributed by atoms with Gasteiger partial charge in [0.15, 0.2) is 12.4 Å². The molecule has 0 radical (unpaired) electrons. The number of rotatable bonds is 7. The van der Waals surface area contributed by atoms with Crippen LogP contribution in [0.5, 0.6) is 5.75 Å². The van der Waals surface area contributed by atoms with Crippen LogP contribution < -0.4 is 15.0 Å². The number of piperidine rings is 1. The first kappa shape index (κ1) is 20.5. The van der Waals surface area contributed by atoms with Crippen LogP contribution in [0.2, 0.25) is 0 Å². The Morgan fingerprint density at radius 1 is 1.20 bits per heavy atom. The summed E-state index contributed by atoms with van der Waals surface area (Å²) in [5.74, 6) is 1.15. The fourth-order valence-electron chi connectivity index (χ4n) is 4.13. The van der Waals surface area contributed by atoms with Gasteiger partial charge in [-0.2, -0.15) is 0 Å². The predicted octanol–water partition coefficient (Wildman–Crippen LogP) is 3.20. The van der Waals surface area contributed by atoms with E-state index >= 15 is 0 Å². The summed E-state index contributed by atoms with van der Waals surface area (Å²) in [4.78, 5) is 28.8. The number of amides is 2. The number of anilines is 1. The van der Waals surface area contributed by atoms with Crippen molar-refractivity contribution >= 4 is 17.5 Å². The quantitative estimate of drug-likeness (QED) is 0.708. The predicted molar refractivity (Wildman–Crippen MR) is 114 cm³/mol. The summed E-state index contributed by atoms with van der Waals surface area (Å²) >= 11 is 0. The third-order valence-electron chi connectivity index (χ3n) is 5.86. The molecular weight excluding hydrogens is 382 g/mol. The molecule has 0 bridgehead atoms. The first-order valence-corrected chi connectivity index (χ1v) is 10.7. The Morgan fingerprint density at radius 2 is 2.07 bits per heavy atom. The molecule has 7 nitrogen and oxygen atoms in total. The number of nitrogens with zero attached hydrogens (tertiary/aromatic N) is 2. The van der Waals surface area contributed by atoms with Crippen LogP contribution in [-0.4, -0.2) is 49.0 Å². The third-order valence-corrected chi connectivity index (χ3v) is 5.86. The van der Waals surface area contributed by atoms with E-state index in [4.69, 9.17) is 9.15 Å². The number of hydrogen-bond acceptors (Lipinski definition) is 5. The molecule has 3 heterocycles. The molecule has 0 aliphatic carbocycles. The zero-order valence-corrected chi connectivity index (χ0v) is 17.4. The van der Waals surface area contributed by atoms with Crippen molar-refractivity contribution in [1.82, 2.24) is 10.2 Å². The smallest absolute Gasteiger partial charge is 0.286 e. The monoisotopic (exact) mass is 411 g/mol. The minimum absolute atomic E-state index is 0.000694. The largest absolute Gasteiger partial charge is 0.482 e. The molecule has 30 heavy (non-hydrogen) atoms. The number of benzene rings is 1. The summed E-state index contributed by atoms with van der Waals surface area (Å²) in [5, 5.41) is 2.93. The SMILES string of the molecule is CC1CCCCN1CCCNC(=O)c1ccc(CN2C(=O)COc3ccccc32)o1. The van der Waals surface area contributed by atoms with Gasteiger partial charge in [-0.25, -0.2) is 0 Å². The van der Waals surface area contributed by atoms with Crippen molar-refractivity contribution in [2.45, 2.75) is 45.2 Å². The standard InChI is InChI=1S/C23H29N3O4/c1-17-7-4-5-13-25(17)14-6-12-24-23(28)21-11-10-18(30-21)15-26-19-8-2-3-9-20(19)29-16-22(26)27/h2-3,8-11,17H,4-7,12-16H2,1H3,(H,24,28). The van der Waals surface area contributed by atoms with Crippen molar-refractivity contribution in [1.29, 1.82) is 0 Å². The summed E-state index contributed by atoms with van der Waals surface area (Å²) < 4.78 is 11.2. The van der Waals surface area contributed by atoms with Crippen LogP contribution in [0, 0.1) is 0 Å². The number of para-hydroxylation sites is 2. The second-order valence-corrected chi connectivity index (χ2v) is 7.99. The molecular formula is C23H29N3O4. The lowest BCUT2D eigenvalue weighted by atomic mass is 10.0. The molecule has 4 rings (SSSR count). The second-order valence-electron chi connectivity index (χ2n) is 7.99. The number of carbonyl (C=O) groups excluding carboxylic acids is 2. The van der Waals surface area contributed by atoms with Gasteiger partial charge in [0.05, 0.1) is 12.2 Å². The van der Waals surface area contributed by atoms with Crippen LogP contribution in [-0.2, 0) is 11.3 Å². The molecule has 7 heteroatoms. The topological polar surface area (TPSA) is 75.0 Å². The Balaban J connectivity index is 1.28. The molecule has 2 aliphatic rings. The zero-order valence-electron chi connectivity index (χ0n) is 17.4. The Morgan fingerprint density at radius 3 is 2.93 bits per heavy atom. The van der Waals surface area contributed by atoms with Gasteiger partial charge >= 0.3 is 0 Å². The van der Waals surface area contributed by atoms with E-state index in [-0.39, 0.29) is 30.7 Å². The summed E-state index contributed by atoms with van der Waals surface area (Å²) in [5.41, 5.74) is 0.711. The summed E-state index contributed by atoms with van der Waals surface area (Å²) in [7, 11) is 0. The van der Waals surface area contributed by atoms with E-state index in [1.165, 1.54) is 19.3 Å². The maximum Gasteiger partial charge on any atom is 0.286 e. The minimum Gasteiger partial charge on any atom is -0.482 e. The van der Waals surface area contributed by atoms with Gasteiger partial charge in [0, 0.05) is 19.1 Å². The molecule has 2 amide bonds. The van der Waals surface area contributed by atoms with Crippen molar-refractivity contribution in [3.8, 4) is 5.75 Å². The molecule has 1 aromatic heterocycles. The maximum atomic E-state index is 12.4. The van der Waals surface area contributed by atoms with Crippen LogP contribution in [0.25, 0.3) is 0 Å². The Bertz CT molecular complexity index is 894. The highest BCUT2D eigenvalue weighted by molar-refractivity contribution is 5.97. The number of fused-ring (bicyclic) bond motifs is 1. The fourth-order valence-corrected chi connectivity index (χ4v) is 4.13. The van der Waals surface area contributed by atoms with Gasteiger partial charge in [0.25, 0.3) is 11.8 Å². The molecule has 1 fully saturated rings. The molecule has 1 saturated heterocycles. The molecule has 0 saturated carbocycles. The molecule has 0 spiro atoms. The number of nitrogens with one attached hydrogen (secondary N) is 1. The van der Waals surface area contributed by atoms with Crippen molar-refractivity contribution in [2.75, 3.05) is 31.1 Å². The molecule has 1 atom stereocenters. The van der Waals surface area contributed by atoms with Gasteiger partial charge in [-0.05, 0) is 57.0 Å². The minimum atomic E-state index is -0.221. The molecule has 1 aromatic carbocycles. The average Bonchev–Trinajstić information content (AvgIpc) is 3.23. The van der Waals surface area contributed by atoms with E-state index in [1.54, 1.807) is 17.0 Å². The lowest BCUT2D eigenvalue weighted by Gasteiger charge is -2.33. The van der Waals surface area contributed by atoms with Crippen molar-refractivity contribution in [3.05, 3.63) is 47.9 Å². The second kappa shape index (κ2) is 9.34. The zero-order chi connectivity index (χ0) is 20.9. The third kappa shape index (κ3) is 4.67. The van der Waals surface area contributed by atoms with Crippen molar-refractivity contribution in [2.24, 2.45) is 0 Å². The van der Waals surface area contributed by atoms with Gasteiger partial charge in [0.2, 0.25) is 0 Å². The molecule has 1 unspecified atom stereocenters. The van der Waals surface area contributed by atoms with Crippen molar-refractivity contribution in [3.63, 3.8) is 0 Å². The molecule has 1 N–H and O–H groups in total. The number of carbonyl (C=O) groups is 2. The van der Waals surface area contributed by atoms with Gasteiger partial charge in [-0.3, -0.25) is 14.5 Å². The lowest BCUT2D eigenvalue weighted by molar-refractivity contribution is -0.121. The van der Waals surface area contributed by atoms with E-state index in [0.29, 0.717) is 29.8 Å². The Labute approximate surface area is 177 Å². The Kier molecular flexibility index (Phi) is 6.38. The molecule has 160 valence electrons. The number of hydrogen-bond donors (Lipinski definition) is 1.